The second-order valence-corrected chi connectivity index (χ2v) is 5.98. The molecule has 1 aromatic rings. The number of nitrogens with one attached hydrogen (secondary N) is 1. The van der Waals surface area contributed by atoms with E-state index in [1.165, 1.54) is 12.8 Å². The van der Waals surface area contributed by atoms with Gasteiger partial charge in [-0.3, -0.25) is 4.90 Å². The quantitative estimate of drug-likeness (QED) is 0.898. The number of anilines is 1. The van der Waals surface area contributed by atoms with Gasteiger partial charge in [0, 0.05) is 18.3 Å². The van der Waals surface area contributed by atoms with Gasteiger partial charge < -0.3 is 10.4 Å². The Hall–Kier alpha value is -2.04. The minimum Gasteiger partial charge on any atom is -0.478 e. The monoisotopic (exact) mass is 288 g/mol. The lowest BCUT2D eigenvalue weighted by Crippen LogP contribution is -2.46. The number of fused-ring (bicyclic) bond motifs is 1. The van der Waals surface area contributed by atoms with Crippen LogP contribution in [0.15, 0.2) is 18.2 Å². The van der Waals surface area contributed by atoms with Crippen molar-refractivity contribution < 1.29 is 14.7 Å². The van der Waals surface area contributed by atoms with Crippen LogP contribution in [0.1, 0.15) is 42.1 Å². The highest BCUT2D eigenvalue weighted by Crippen LogP contribution is 2.33. The maximum Gasteiger partial charge on any atom is 0.335 e. The summed E-state index contributed by atoms with van der Waals surface area (Å²) in [5.74, 6) is -0.311. The molecule has 1 atom stereocenters. The van der Waals surface area contributed by atoms with Crippen LogP contribution in [0.2, 0.25) is 0 Å². The summed E-state index contributed by atoms with van der Waals surface area (Å²) in [5, 5.41) is 12.1. The molecule has 0 aromatic heterocycles. The number of carbonyl (C=O) groups excluding carboxylic acids is 1. The predicted octanol–water partition coefficient (Wildman–Crippen LogP) is 2.65. The zero-order valence-corrected chi connectivity index (χ0v) is 12.1. The number of carboxylic acid groups (broad SMARTS) is 1. The summed E-state index contributed by atoms with van der Waals surface area (Å²) in [6.07, 6.45) is 4.07. The number of urea groups is 1. The molecule has 21 heavy (non-hydrogen) atoms. The van der Waals surface area contributed by atoms with Gasteiger partial charge in [-0.25, -0.2) is 9.59 Å². The van der Waals surface area contributed by atoms with Crippen LogP contribution in [0.4, 0.5) is 10.5 Å². The van der Waals surface area contributed by atoms with Gasteiger partial charge in [-0.05, 0) is 62.3 Å². The van der Waals surface area contributed by atoms with Gasteiger partial charge in [0.2, 0.25) is 0 Å². The molecule has 2 amide bonds. The van der Waals surface area contributed by atoms with Gasteiger partial charge in [-0.15, -0.1) is 0 Å². The topological polar surface area (TPSA) is 69.6 Å². The molecule has 1 unspecified atom stereocenters. The minimum absolute atomic E-state index is 0.0709. The molecule has 0 bridgehead atoms. The molecule has 1 fully saturated rings. The third-order valence-corrected chi connectivity index (χ3v) is 4.37. The summed E-state index contributed by atoms with van der Waals surface area (Å²) in [6, 6.07) is 5.14. The van der Waals surface area contributed by atoms with Gasteiger partial charge in [0.1, 0.15) is 0 Å². The zero-order chi connectivity index (χ0) is 15.0. The number of carboxylic acids is 1. The third kappa shape index (κ3) is 2.86. The summed E-state index contributed by atoms with van der Waals surface area (Å²) in [7, 11) is 0. The molecular formula is C16H20N2O3. The average molecular weight is 288 g/mol. The maximum atomic E-state index is 12.4. The van der Waals surface area contributed by atoms with Crippen molar-refractivity contribution in [1.82, 2.24) is 5.32 Å². The Balaban J connectivity index is 1.79. The Morgan fingerprint density at radius 3 is 2.81 bits per heavy atom. The molecule has 1 aliphatic heterocycles. The second-order valence-electron chi connectivity index (χ2n) is 5.98. The number of carbonyl (C=O) groups is 2. The fraction of sp³-hybridized carbons (Fsp3) is 0.500. The maximum absolute atomic E-state index is 12.4. The molecule has 2 N–H and O–H groups in total. The number of benzene rings is 1. The third-order valence-electron chi connectivity index (χ3n) is 4.37. The predicted molar refractivity (Wildman–Crippen MR) is 79.8 cm³/mol. The van der Waals surface area contributed by atoms with Crippen LogP contribution in [-0.2, 0) is 6.42 Å². The molecule has 5 nitrogen and oxygen atoms in total. The Kier molecular flexibility index (Phi) is 3.57. The van der Waals surface area contributed by atoms with Crippen LogP contribution < -0.4 is 10.2 Å². The average Bonchev–Trinajstić information content (AvgIpc) is 3.30. The molecule has 0 saturated heterocycles. The van der Waals surface area contributed by atoms with E-state index in [0.717, 1.165) is 24.1 Å². The molecule has 1 saturated carbocycles. The summed E-state index contributed by atoms with van der Waals surface area (Å²) in [4.78, 5) is 25.2. The molecule has 0 spiro atoms. The van der Waals surface area contributed by atoms with Gasteiger partial charge in [0.25, 0.3) is 0 Å². The van der Waals surface area contributed by atoms with Gasteiger partial charge >= 0.3 is 12.0 Å². The van der Waals surface area contributed by atoms with E-state index in [9.17, 15) is 9.59 Å². The number of amides is 2. The van der Waals surface area contributed by atoms with E-state index >= 15 is 0 Å². The van der Waals surface area contributed by atoms with E-state index in [-0.39, 0.29) is 17.6 Å². The SMILES string of the molecule is CC(NC(=O)N1CCCc2cc(C(=O)O)ccc21)C1CC1. The first kappa shape index (κ1) is 13.9. The Bertz CT molecular complexity index is 581. The largest absolute Gasteiger partial charge is 0.478 e. The fourth-order valence-corrected chi connectivity index (χ4v) is 2.93. The summed E-state index contributed by atoms with van der Waals surface area (Å²) in [5.41, 5.74) is 2.06. The first-order chi connectivity index (χ1) is 10.1. The lowest BCUT2D eigenvalue weighted by molar-refractivity contribution is 0.0696. The van der Waals surface area contributed by atoms with Crippen LogP contribution in [0.3, 0.4) is 0 Å². The van der Waals surface area contributed by atoms with E-state index in [4.69, 9.17) is 5.11 Å². The van der Waals surface area contributed by atoms with E-state index < -0.39 is 5.97 Å². The fourth-order valence-electron chi connectivity index (χ4n) is 2.93. The highest BCUT2D eigenvalue weighted by Gasteiger charge is 2.31. The first-order valence-corrected chi connectivity index (χ1v) is 7.50. The number of aryl methyl sites for hydroxylation is 1. The summed E-state index contributed by atoms with van der Waals surface area (Å²) < 4.78 is 0. The molecule has 3 rings (SSSR count). The highest BCUT2D eigenvalue weighted by molar-refractivity contribution is 5.95. The van der Waals surface area contributed by atoms with Crippen LogP contribution >= 0.6 is 0 Å². The van der Waals surface area contributed by atoms with E-state index in [1.54, 1.807) is 23.1 Å². The summed E-state index contributed by atoms with van der Waals surface area (Å²) in [6.45, 7) is 2.73. The molecule has 1 aliphatic carbocycles. The van der Waals surface area contributed by atoms with Crippen molar-refractivity contribution in [3.63, 3.8) is 0 Å². The molecular weight excluding hydrogens is 268 g/mol. The first-order valence-electron chi connectivity index (χ1n) is 7.50. The van der Waals surface area contributed by atoms with Gasteiger partial charge in [-0.2, -0.15) is 0 Å². The zero-order valence-electron chi connectivity index (χ0n) is 12.1. The van der Waals surface area contributed by atoms with Gasteiger partial charge in [0.15, 0.2) is 0 Å². The van der Waals surface area contributed by atoms with Crippen LogP contribution in [0, 0.1) is 5.92 Å². The van der Waals surface area contributed by atoms with E-state index in [0.29, 0.717) is 12.5 Å². The van der Waals surface area contributed by atoms with Crippen molar-refractivity contribution in [2.75, 3.05) is 11.4 Å². The standard InChI is InChI=1S/C16H20N2O3/c1-10(11-4-5-11)17-16(21)18-8-2-3-12-9-13(15(19)20)6-7-14(12)18/h6-7,9-11H,2-5,8H2,1H3,(H,17,21)(H,19,20). The molecule has 2 aliphatic rings. The smallest absolute Gasteiger partial charge is 0.335 e. The normalized spacial score (nSPS) is 18.8. The second kappa shape index (κ2) is 5.39. The lowest BCUT2D eigenvalue weighted by atomic mass is 9.99. The Morgan fingerprint density at radius 1 is 1.38 bits per heavy atom. The molecule has 5 heteroatoms. The molecule has 1 heterocycles. The Labute approximate surface area is 123 Å². The van der Waals surface area contributed by atoms with Crippen molar-refractivity contribution in [2.24, 2.45) is 5.92 Å². The number of hydrogen-bond donors (Lipinski definition) is 2. The number of rotatable bonds is 3. The van der Waals surface area contributed by atoms with E-state index in [2.05, 4.69) is 5.32 Å². The number of aromatic carboxylic acids is 1. The van der Waals surface area contributed by atoms with E-state index in [1.807, 2.05) is 6.92 Å². The summed E-state index contributed by atoms with van der Waals surface area (Å²) >= 11 is 0. The van der Waals surface area contributed by atoms with Crippen LogP contribution in [0.25, 0.3) is 0 Å². The minimum atomic E-state index is -0.929. The van der Waals surface area contributed by atoms with Crippen molar-refractivity contribution in [1.29, 1.82) is 0 Å². The van der Waals surface area contributed by atoms with Crippen molar-refractivity contribution in [2.45, 2.75) is 38.6 Å². The Morgan fingerprint density at radius 2 is 2.14 bits per heavy atom. The number of nitrogens with zero attached hydrogens (tertiary/aromatic N) is 1. The van der Waals surface area contributed by atoms with Gasteiger partial charge in [-0.1, -0.05) is 0 Å². The molecule has 112 valence electrons. The van der Waals surface area contributed by atoms with Crippen LogP contribution in [-0.4, -0.2) is 29.7 Å². The van der Waals surface area contributed by atoms with Crippen molar-refractivity contribution in [3.05, 3.63) is 29.3 Å². The highest BCUT2D eigenvalue weighted by atomic mass is 16.4. The van der Waals surface area contributed by atoms with Gasteiger partial charge in [0.05, 0.1) is 5.56 Å². The lowest BCUT2D eigenvalue weighted by Gasteiger charge is -2.31. The van der Waals surface area contributed by atoms with Crippen molar-refractivity contribution >= 4 is 17.7 Å². The van der Waals surface area contributed by atoms with Crippen molar-refractivity contribution in [3.8, 4) is 0 Å². The van der Waals surface area contributed by atoms with Crippen LogP contribution in [0.5, 0.6) is 0 Å². The molecule has 1 aromatic carbocycles. The molecule has 0 radical (unpaired) electrons. The number of hydrogen-bond acceptors (Lipinski definition) is 2.